The zero-order chi connectivity index (χ0) is 11.5. The number of pyridine rings is 1. The molecular formula is C13H15BrN2. The van der Waals surface area contributed by atoms with Gasteiger partial charge in [-0.25, -0.2) is 0 Å². The first-order chi connectivity index (χ1) is 7.68. The Bertz CT molecular complexity index is 494. The molecule has 0 aliphatic heterocycles. The first-order valence-corrected chi connectivity index (χ1v) is 6.23. The quantitative estimate of drug-likeness (QED) is 0.930. The summed E-state index contributed by atoms with van der Waals surface area (Å²) in [6.45, 7) is 5.15. The molecule has 0 atom stereocenters. The van der Waals surface area contributed by atoms with Gasteiger partial charge >= 0.3 is 0 Å². The molecule has 84 valence electrons. The first kappa shape index (κ1) is 11.6. The lowest BCUT2D eigenvalue weighted by atomic mass is 10.1. The lowest BCUT2D eigenvalue weighted by Crippen LogP contribution is -2.22. The summed E-state index contributed by atoms with van der Waals surface area (Å²) >= 11 is 3.55. The number of benzene rings is 1. The fourth-order valence-electron chi connectivity index (χ4n) is 1.65. The minimum atomic E-state index is 0.488. The average molecular weight is 279 g/mol. The molecule has 0 fully saturated rings. The van der Waals surface area contributed by atoms with Gasteiger partial charge in [-0.1, -0.05) is 41.9 Å². The highest BCUT2D eigenvalue weighted by Gasteiger charge is 2.05. The van der Waals surface area contributed by atoms with Gasteiger partial charge in [0.15, 0.2) is 0 Å². The van der Waals surface area contributed by atoms with E-state index in [0.29, 0.717) is 6.04 Å². The third-order valence-electron chi connectivity index (χ3n) is 2.50. The van der Waals surface area contributed by atoms with Crippen LogP contribution in [0, 0.1) is 0 Å². The van der Waals surface area contributed by atoms with Crippen molar-refractivity contribution in [2.75, 3.05) is 0 Å². The van der Waals surface area contributed by atoms with Crippen molar-refractivity contribution in [3.05, 3.63) is 40.5 Å². The molecule has 0 spiro atoms. The second-order valence-electron chi connectivity index (χ2n) is 4.14. The number of nitrogens with zero attached hydrogens (tertiary/aromatic N) is 1. The Balaban J connectivity index is 2.42. The smallest absolute Gasteiger partial charge is 0.0758 e. The van der Waals surface area contributed by atoms with Crippen molar-refractivity contribution in [3.8, 4) is 0 Å². The number of hydrogen-bond acceptors (Lipinski definition) is 2. The van der Waals surface area contributed by atoms with E-state index in [-0.39, 0.29) is 0 Å². The molecule has 2 rings (SSSR count). The maximum Gasteiger partial charge on any atom is 0.0758 e. The van der Waals surface area contributed by atoms with Gasteiger partial charge < -0.3 is 5.32 Å². The molecule has 2 nitrogen and oxygen atoms in total. The van der Waals surface area contributed by atoms with Crippen molar-refractivity contribution in [3.63, 3.8) is 0 Å². The van der Waals surface area contributed by atoms with Crippen LogP contribution < -0.4 is 5.32 Å². The summed E-state index contributed by atoms with van der Waals surface area (Å²) in [5.74, 6) is 0. The van der Waals surface area contributed by atoms with E-state index in [1.165, 1.54) is 10.9 Å². The predicted molar refractivity (Wildman–Crippen MR) is 71.4 cm³/mol. The van der Waals surface area contributed by atoms with E-state index >= 15 is 0 Å². The van der Waals surface area contributed by atoms with Gasteiger partial charge in [0.1, 0.15) is 0 Å². The number of aromatic nitrogens is 1. The highest BCUT2D eigenvalue weighted by molar-refractivity contribution is 9.10. The highest BCUT2D eigenvalue weighted by Crippen LogP contribution is 2.25. The van der Waals surface area contributed by atoms with Crippen LogP contribution in [0.4, 0.5) is 0 Å². The Hall–Kier alpha value is -0.930. The molecule has 1 aromatic carbocycles. The summed E-state index contributed by atoms with van der Waals surface area (Å²) < 4.78 is 1.10. The van der Waals surface area contributed by atoms with Crippen molar-refractivity contribution in [1.82, 2.24) is 10.3 Å². The van der Waals surface area contributed by atoms with E-state index in [1.807, 2.05) is 12.3 Å². The van der Waals surface area contributed by atoms with Crippen LogP contribution in [-0.4, -0.2) is 11.0 Å². The molecule has 0 saturated carbocycles. The summed E-state index contributed by atoms with van der Waals surface area (Å²) in [7, 11) is 0. The minimum Gasteiger partial charge on any atom is -0.310 e. The molecule has 0 aliphatic carbocycles. The second-order valence-corrected chi connectivity index (χ2v) is 5.00. The van der Waals surface area contributed by atoms with E-state index in [4.69, 9.17) is 0 Å². The van der Waals surface area contributed by atoms with Crippen molar-refractivity contribution in [1.29, 1.82) is 0 Å². The van der Waals surface area contributed by atoms with E-state index < -0.39 is 0 Å². The van der Waals surface area contributed by atoms with Crippen LogP contribution in [-0.2, 0) is 6.54 Å². The number of fused-ring (bicyclic) bond motifs is 1. The van der Waals surface area contributed by atoms with Gasteiger partial charge in [0, 0.05) is 28.6 Å². The standard InChI is InChI=1S/C13H15BrN2/c1-9(2)16-8-10-5-6-12(14)11-4-3-7-15-13(10)11/h3-7,9,16H,8H2,1-2H3. The Kier molecular flexibility index (Phi) is 3.56. The summed E-state index contributed by atoms with van der Waals surface area (Å²) in [6.07, 6.45) is 1.84. The lowest BCUT2D eigenvalue weighted by Gasteiger charge is -2.10. The van der Waals surface area contributed by atoms with Crippen LogP contribution in [0.1, 0.15) is 19.4 Å². The zero-order valence-corrected chi connectivity index (χ0v) is 11.1. The van der Waals surface area contributed by atoms with Gasteiger partial charge in [-0.15, -0.1) is 0 Å². The third-order valence-corrected chi connectivity index (χ3v) is 3.19. The third kappa shape index (κ3) is 2.42. The Morgan fingerprint density at radius 2 is 2.12 bits per heavy atom. The summed E-state index contributed by atoms with van der Waals surface area (Å²) in [5, 5.41) is 4.59. The highest BCUT2D eigenvalue weighted by atomic mass is 79.9. The zero-order valence-electron chi connectivity index (χ0n) is 9.50. The van der Waals surface area contributed by atoms with Gasteiger partial charge in [0.25, 0.3) is 0 Å². The molecule has 3 heteroatoms. The van der Waals surface area contributed by atoms with Crippen LogP contribution in [0.25, 0.3) is 10.9 Å². The van der Waals surface area contributed by atoms with Crippen LogP contribution >= 0.6 is 15.9 Å². The number of nitrogens with one attached hydrogen (secondary N) is 1. The summed E-state index contributed by atoms with van der Waals surface area (Å²) in [5.41, 5.74) is 2.32. The lowest BCUT2D eigenvalue weighted by molar-refractivity contribution is 0.590. The van der Waals surface area contributed by atoms with E-state index in [1.54, 1.807) is 0 Å². The monoisotopic (exact) mass is 278 g/mol. The number of hydrogen-bond donors (Lipinski definition) is 1. The summed E-state index contributed by atoms with van der Waals surface area (Å²) in [4.78, 5) is 4.45. The van der Waals surface area contributed by atoms with Crippen LogP contribution in [0.15, 0.2) is 34.9 Å². The average Bonchev–Trinajstić information content (AvgIpc) is 2.28. The normalized spacial score (nSPS) is 11.2. The molecular weight excluding hydrogens is 264 g/mol. The van der Waals surface area contributed by atoms with E-state index in [0.717, 1.165) is 16.5 Å². The topological polar surface area (TPSA) is 24.9 Å². The molecule has 16 heavy (non-hydrogen) atoms. The van der Waals surface area contributed by atoms with Crippen molar-refractivity contribution < 1.29 is 0 Å². The molecule has 0 bridgehead atoms. The molecule has 0 unspecified atom stereocenters. The van der Waals surface area contributed by atoms with Crippen LogP contribution in [0.2, 0.25) is 0 Å². The Morgan fingerprint density at radius 3 is 2.88 bits per heavy atom. The first-order valence-electron chi connectivity index (χ1n) is 5.44. The number of halogens is 1. The van der Waals surface area contributed by atoms with Gasteiger partial charge in [-0.05, 0) is 17.7 Å². The fourth-order valence-corrected chi connectivity index (χ4v) is 2.11. The molecule has 1 aromatic heterocycles. The number of rotatable bonds is 3. The molecule has 2 aromatic rings. The Morgan fingerprint density at radius 1 is 1.31 bits per heavy atom. The van der Waals surface area contributed by atoms with Gasteiger partial charge in [-0.3, -0.25) is 4.98 Å². The van der Waals surface area contributed by atoms with Gasteiger partial charge in [-0.2, -0.15) is 0 Å². The van der Waals surface area contributed by atoms with E-state index in [9.17, 15) is 0 Å². The van der Waals surface area contributed by atoms with Gasteiger partial charge in [0.2, 0.25) is 0 Å². The maximum atomic E-state index is 4.45. The predicted octanol–water partition coefficient (Wildman–Crippen LogP) is 3.50. The van der Waals surface area contributed by atoms with Crippen molar-refractivity contribution in [2.24, 2.45) is 0 Å². The van der Waals surface area contributed by atoms with Crippen molar-refractivity contribution in [2.45, 2.75) is 26.4 Å². The Labute approximate surface area is 104 Å². The summed E-state index contributed by atoms with van der Waals surface area (Å²) in [6, 6.07) is 8.75. The van der Waals surface area contributed by atoms with Crippen LogP contribution in [0.3, 0.4) is 0 Å². The SMILES string of the molecule is CC(C)NCc1ccc(Br)c2cccnc12. The molecule has 0 amide bonds. The van der Waals surface area contributed by atoms with E-state index in [2.05, 4.69) is 58.3 Å². The minimum absolute atomic E-state index is 0.488. The maximum absolute atomic E-state index is 4.45. The molecule has 0 aliphatic rings. The fraction of sp³-hybridized carbons (Fsp3) is 0.308. The molecule has 1 heterocycles. The molecule has 0 saturated heterocycles. The molecule has 0 radical (unpaired) electrons. The molecule has 1 N–H and O–H groups in total. The largest absolute Gasteiger partial charge is 0.310 e. The van der Waals surface area contributed by atoms with Crippen LogP contribution in [0.5, 0.6) is 0 Å². The second kappa shape index (κ2) is 4.93. The van der Waals surface area contributed by atoms with Gasteiger partial charge in [0.05, 0.1) is 5.52 Å². The van der Waals surface area contributed by atoms with Crippen molar-refractivity contribution >= 4 is 26.8 Å².